The van der Waals surface area contributed by atoms with Gasteiger partial charge in [0.25, 0.3) is 5.22 Å². The number of carbonyl (C=O) groups is 1. The Labute approximate surface area is 116 Å². The zero-order valence-electron chi connectivity index (χ0n) is 10.5. The SMILES string of the molecule is CCOC(=O)c1nnc(Sc2c([N+](=O)[O-])ncn2C)o1. The van der Waals surface area contributed by atoms with Crippen molar-refractivity contribution in [2.45, 2.75) is 17.2 Å². The highest BCUT2D eigenvalue weighted by molar-refractivity contribution is 7.99. The lowest BCUT2D eigenvalue weighted by Crippen LogP contribution is -2.04. The van der Waals surface area contributed by atoms with Gasteiger partial charge < -0.3 is 23.8 Å². The molecule has 11 heteroatoms. The van der Waals surface area contributed by atoms with Crippen molar-refractivity contribution in [3.05, 3.63) is 22.3 Å². The van der Waals surface area contributed by atoms with E-state index in [-0.39, 0.29) is 28.6 Å². The summed E-state index contributed by atoms with van der Waals surface area (Å²) in [5, 5.41) is 18.1. The molecule has 0 aliphatic carbocycles. The summed E-state index contributed by atoms with van der Waals surface area (Å²) in [5.41, 5.74) is 0. The summed E-state index contributed by atoms with van der Waals surface area (Å²) in [7, 11) is 1.59. The van der Waals surface area contributed by atoms with E-state index in [0.717, 1.165) is 11.8 Å². The van der Waals surface area contributed by atoms with Crippen molar-refractivity contribution in [1.82, 2.24) is 19.7 Å². The van der Waals surface area contributed by atoms with E-state index in [2.05, 4.69) is 15.2 Å². The van der Waals surface area contributed by atoms with Gasteiger partial charge in [-0.25, -0.2) is 4.79 Å². The number of ether oxygens (including phenoxy) is 1. The van der Waals surface area contributed by atoms with Gasteiger partial charge in [0.1, 0.15) is 0 Å². The second-order valence-electron chi connectivity index (χ2n) is 3.44. The van der Waals surface area contributed by atoms with Crippen LogP contribution >= 0.6 is 11.8 Å². The molecule has 0 N–H and O–H groups in total. The number of esters is 1. The molecule has 20 heavy (non-hydrogen) atoms. The van der Waals surface area contributed by atoms with E-state index in [1.54, 1.807) is 14.0 Å². The molecule has 0 spiro atoms. The topological polar surface area (TPSA) is 126 Å². The van der Waals surface area contributed by atoms with E-state index >= 15 is 0 Å². The molecule has 0 fully saturated rings. The van der Waals surface area contributed by atoms with Gasteiger partial charge >= 0.3 is 17.7 Å². The fourth-order valence-corrected chi connectivity index (χ4v) is 2.04. The maximum absolute atomic E-state index is 11.3. The third-order valence-electron chi connectivity index (χ3n) is 2.08. The normalized spacial score (nSPS) is 10.5. The summed E-state index contributed by atoms with van der Waals surface area (Å²) in [6.07, 6.45) is 1.29. The molecule has 2 aromatic heterocycles. The molecule has 0 saturated carbocycles. The van der Waals surface area contributed by atoms with Crippen LogP contribution in [0, 0.1) is 10.1 Å². The van der Waals surface area contributed by atoms with E-state index in [9.17, 15) is 14.9 Å². The number of rotatable bonds is 5. The first-order chi connectivity index (χ1) is 9.52. The van der Waals surface area contributed by atoms with Gasteiger partial charge in [-0.1, -0.05) is 5.10 Å². The average Bonchev–Trinajstić information content (AvgIpc) is 2.99. The fraction of sp³-hybridized carbons (Fsp3) is 0.333. The van der Waals surface area contributed by atoms with Crippen molar-refractivity contribution in [2.75, 3.05) is 6.61 Å². The van der Waals surface area contributed by atoms with Crippen LogP contribution in [0.15, 0.2) is 21.0 Å². The van der Waals surface area contributed by atoms with E-state index < -0.39 is 10.9 Å². The second kappa shape index (κ2) is 5.69. The largest absolute Gasteiger partial charge is 0.459 e. The highest BCUT2D eigenvalue weighted by Crippen LogP contribution is 2.32. The molecule has 0 amide bonds. The molecule has 0 radical (unpaired) electrons. The van der Waals surface area contributed by atoms with Crippen molar-refractivity contribution >= 4 is 23.5 Å². The molecule has 2 rings (SSSR count). The molecule has 0 atom stereocenters. The first-order valence-electron chi connectivity index (χ1n) is 5.37. The highest BCUT2D eigenvalue weighted by atomic mass is 32.2. The lowest BCUT2D eigenvalue weighted by atomic mass is 10.7. The third-order valence-corrected chi connectivity index (χ3v) is 3.08. The summed E-state index contributed by atoms with van der Waals surface area (Å²) >= 11 is 0.843. The second-order valence-corrected chi connectivity index (χ2v) is 4.38. The maximum Gasteiger partial charge on any atom is 0.396 e. The van der Waals surface area contributed by atoms with Crippen LogP contribution in [-0.2, 0) is 11.8 Å². The quantitative estimate of drug-likeness (QED) is 0.452. The minimum Gasteiger partial charge on any atom is -0.459 e. The van der Waals surface area contributed by atoms with Gasteiger partial charge in [-0.3, -0.25) is 0 Å². The Morgan fingerprint density at radius 3 is 3.00 bits per heavy atom. The monoisotopic (exact) mass is 299 g/mol. The summed E-state index contributed by atoms with van der Waals surface area (Å²) in [6.45, 7) is 1.82. The zero-order chi connectivity index (χ0) is 14.7. The molecule has 0 aromatic carbocycles. The standard InChI is InChI=1S/C9H9N5O5S/c1-3-18-8(15)6-11-12-9(19-6)20-7-5(14(16)17)10-4-13(7)2/h4H,3H2,1-2H3. The van der Waals surface area contributed by atoms with Crippen LogP contribution in [0.4, 0.5) is 5.82 Å². The van der Waals surface area contributed by atoms with Crippen LogP contribution < -0.4 is 0 Å². The smallest absolute Gasteiger partial charge is 0.396 e. The van der Waals surface area contributed by atoms with Gasteiger partial charge in [0, 0.05) is 7.05 Å². The fourth-order valence-electron chi connectivity index (χ4n) is 1.26. The third kappa shape index (κ3) is 2.77. The summed E-state index contributed by atoms with van der Waals surface area (Å²) < 4.78 is 11.2. The van der Waals surface area contributed by atoms with Gasteiger partial charge in [0.05, 0.1) is 6.61 Å². The minimum atomic E-state index is -0.744. The molecule has 106 valence electrons. The first-order valence-corrected chi connectivity index (χ1v) is 6.18. The molecule has 0 unspecified atom stereocenters. The number of nitro groups is 1. The Hall–Kier alpha value is -2.43. The number of hydrogen-bond acceptors (Lipinski definition) is 9. The van der Waals surface area contributed by atoms with Crippen molar-refractivity contribution < 1.29 is 18.9 Å². The van der Waals surface area contributed by atoms with Gasteiger partial charge in [-0.15, -0.1) is 5.10 Å². The summed E-state index contributed by atoms with van der Waals surface area (Å²) in [4.78, 5) is 25.2. The number of aromatic nitrogens is 4. The van der Waals surface area contributed by atoms with E-state index in [0.29, 0.717) is 0 Å². The molecule has 0 saturated heterocycles. The summed E-state index contributed by atoms with van der Waals surface area (Å²) in [6, 6.07) is 0. The minimum absolute atomic E-state index is 0.0141. The molecule has 0 aliphatic heterocycles. The van der Waals surface area contributed by atoms with Gasteiger partial charge in [-0.05, 0) is 28.6 Å². The molecule has 2 aromatic rings. The van der Waals surface area contributed by atoms with Crippen molar-refractivity contribution in [2.24, 2.45) is 7.05 Å². The summed E-state index contributed by atoms with van der Waals surface area (Å²) in [5.74, 6) is -1.38. The number of hydrogen-bond donors (Lipinski definition) is 0. The van der Waals surface area contributed by atoms with E-state index in [4.69, 9.17) is 9.15 Å². The Bertz CT molecular complexity index is 651. The van der Waals surface area contributed by atoms with Crippen LogP contribution in [-0.4, -0.2) is 37.2 Å². The van der Waals surface area contributed by atoms with Crippen LogP contribution in [0.2, 0.25) is 0 Å². The van der Waals surface area contributed by atoms with Gasteiger partial charge in [0.15, 0.2) is 5.03 Å². The predicted molar refractivity (Wildman–Crippen MR) is 64.2 cm³/mol. The Kier molecular flexibility index (Phi) is 3.98. The van der Waals surface area contributed by atoms with Crippen LogP contribution in [0.25, 0.3) is 0 Å². The highest BCUT2D eigenvalue weighted by Gasteiger charge is 2.24. The van der Waals surface area contributed by atoms with Crippen molar-refractivity contribution in [3.8, 4) is 0 Å². The Balaban J connectivity index is 2.21. The van der Waals surface area contributed by atoms with Crippen LogP contribution in [0.5, 0.6) is 0 Å². The van der Waals surface area contributed by atoms with Gasteiger partial charge in [-0.2, -0.15) is 0 Å². The average molecular weight is 299 g/mol. The zero-order valence-corrected chi connectivity index (χ0v) is 11.3. The Morgan fingerprint density at radius 2 is 2.35 bits per heavy atom. The maximum atomic E-state index is 11.3. The van der Waals surface area contributed by atoms with Crippen LogP contribution in [0.1, 0.15) is 17.6 Å². The van der Waals surface area contributed by atoms with E-state index in [1.807, 2.05) is 0 Å². The molecular weight excluding hydrogens is 290 g/mol. The first kappa shape index (κ1) is 14.0. The van der Waals surface area contributed by atoms with Crippen molar-refractivity contribution in [1.29, 1.82) is 0 Å². The van der Waals surface area contributed by atoms with Crippen LogP contribution in [0.3, 0.4) is 0 Å². The number of imidazole rings is 1. The molecule has 2 heterocycles. The van der Waals surface area contributed by atoms with Gasteiger partial charge in [0.2, 0.25) is 6.33 Å². The molecular formula is C9H9N5O5S. The number of aryl methyl sites for hydroxylation is 1. The number of carbonyl (C=O) groups excluding carboxylic acids is 1. The van der Waals surface area contributed by atoms with E-state index in [1.165, 1.54) is 10.9 Å². The molecule has 0 aliphatic rings. The van der Waals surface area contributed by atoms with Crippen molar-refractivity contribution in [3.63, 3.8) is 0 Å². The molecule has 10 nitrogen and oxygen atoms in total. The molecule has 0 bridgehead atoms. The predicted octanol–water partition coefficient (Wildman–Crippen LogP) is 1.04. The lowest BCUT2D eigenvalue weighted by molar-refractivity contribution is -0.392. The number of nitrogens with zero attached hydrogens (tertiary/aromatic N) is 5. The lowest BCUT2D eigenvalue weighted by Gasteiger charge is -1.97. The Morgan fingerprint density at radius 1 is 1.60 bits per heavy atom.